The highest BCUT2D eigenvalue weighted by molar-refractivity contribution is 7.99. The van der Waals surface area contributed by atoms with Crippen molar-refractivity contribution in [3.05, 3.63) is 12.2 Å². The van der Waals surface area contributed by atoms with Gasteiger partial charge in [-0.1, -0.05) is 39.7 Å². The maximum absolute atomic E-state index is 12.2. The van der Waals surface area contributed by atoms with E-state index in [2.05, 4.69) is 26.8 Å². The van der Waals surface area contributed by atoms with Gasteiger partial charge in [0.05, 0.1) is 0 Å². The summed E-state index contributed by atoms with van der Waals surface area (Å²) in [7, 11) is 0. The van der Waals surface area contributed by atoms with Crippen molar-refractivity contribution in [2.75, 3.05) is 24.6 Å². The summed E-state index contributed by atoms with van der Waals surface area (Å²) in [4.78, 5) is 14.2. The molecule has 0 aromatic heterocycles. The lowest BCUT2D eigenvalue weighted by Gasteiger charge is -2.41. The van der Waals surface area contributed by atoms with E-state index in [0.29, 0.717) is 17.3 Å². The van der Waals surface area contributed by atoms with Gasteiger partial charge in [-0.05, 0) is 29.7 Å². The van der Waals surface area contributed by atoms with Gasteiger partial charge in [0, 0.05) is 24.6 Å². The van der Waals surface area contributed by atoms with Crippen LogP contribution in [0.5, 0.6) is 0 Å². The van der Waals surface area contributed by atoms with E-state index < -0.39 is 0 Å². The maximum Gasteiger partial charge on any atom is 0.246 e. The average Bonchev–Trinajstić information content (AvgIpc) is 2.38. The van der Waals surface area contributed by atoms with Crippen molar-refractivity contribution < 1.29 is 4.79 Å². The molecule has 108 valence electrons. The Morgan fingerprint density at radius 3 is 2.63 bits per heavy atom. The van der Waals surface area contributed by atoms with E-state index in [1.807, 2.05) is 22.7 Å². The third-order valence-electron chi connectivity index (χ3n) is 4.76. The SMILES string of the molecule is C[C@@H]1CCCC(C)(C)[C@H]1/C=C/C(=O)N1CCSCC1. The Morgan fingerprint density at radius 1 is 1.32 bits per heavy atom. The first-order chi connectivity index (χ1) is 9.00. The second-order valence-electron chi connectivity index (χ2n) is 6.68. The van der Waals surface area contributed by atoms with Gasteiger partial charge in [0.2, 0.25) is 5.91 Å². The van der Waals surface area contributed by atoms with Crippen LogP contribution in [-0.4, -0.2) is 35.4 Å². The van der Waals surface area contributed by atoms with E-state index in [1.54, 1.807) is 0 Å². The predicted molar refractivity (Wildman–Crippen MR) is 83.3 cm³/mol. The van der Waals surface area contributed by atoms with Crippen molar-refractivity contribution >= 4 is 17.7 Å². The normalized spacial score (nSPS) is 31.6. The molecule has 2 rings (SSSR count). The lowest BCUT2D eigenvalue weighted by atomic mass is 9.64. The van der Waals surface area contributed by atoms with Crippen LogP contribution in [0, 0.1) is 17.3 Å². The number of thioether (sulfide) groups is 1. The van der Waals surface area contributed by atoms with Crippen LogP contribution in [0.1, 0.15) is 40.0 Å². The minimum Gasteiger partial charge on any atom is -0.338 e. The van der Waals surface area contributed by atoms with Crippen molar-refractivity contribution in [1.82, 2.24) is 4.90 Å². The summed E-state index contributed by atoms with van der Waals surface area (Å²) in [6.07, 6.45) is 7.96. The largest absolute Gasteiger partial charge is 0.338 e. The Morgan fingerprint density at radius 2 is 2.00 bits per heavy atom. The number of allylic oxidation sites excluding steroid dienone is 1. The van der Waals surface area contributed by atoms with Crippen LogP contribution in [0.15, 0.2) is 12.2 Å². The summed E-state index contributed by atoms with van der Waals surface area (Å²) in [6, 6.07) is 0. The van der Waals surface area contributed by atoms with E-state index in [0.717, 1.165) is 24.6 Å². The lowest BCUT2D eigenvalue weighted by Crippen LogP contribution is -2.37. The summed E-state index contributed by atoms with van der Waals surface area (Å²) in [5, 5.41) is 0. The van der Waals surface area contributed by atoms with E-state index >= 15 is 0 Å². The molecule has 2 atom stereocenters. The maximum atomic E-state index is 12.2. The number of rotatable bonds is 2. The Labute approximate surface area is 122 Å². The van der Waals surface area contributed by atoms with Crippen molar-refractivity contribution in [1.29, 1.82) is 0 Å². The molecule has 3 heteroatoms. The molecule has 0 spiro atoms. The molecule has 1 saturated heterocycles. The van der Waals surface area contributed by atoms with Crippen LogP contribution in [0.3, 0.4) is 0 Å². The molecule has 0 bridgehead atoms. The molecule has 0 aromatic carbocycles. The van der Waals surface area contributed by atoms with Crippen LogP contribution in [0.25, 0.3) is 0 Å². The number of nitrogens with zero attached hydrogens (tertiary/aromatic N) is 1. The molecular weight excluding hydrogens is 254 g/mol. The third-order valence-corrected chi connectivity index (χ3v) is 5.71. The molecular formula is C16H27NOS. The minimum absolute atomic E-state index is 0.217. The van der Waals surface area contributed by atoms with Gasteiger partial charge in [-0.25, -0.2) is 0 Å². The highest BCUT2D eigenvalue weighted by atomic mass is 32.2. The molecule has 1 aliphatic carbocycles. The van der Waals surface area contributed by atoms with Crippen LogP contribution in [0.2, 0.25) is 0 Å². The van der Waals surface area contributed by atoms with Gasteiger partial charge >= 0.3 is 0 Å². The number of carbonyl (C=O) groups is 1. The zero-order valence-electron chi connectivity index (χ0n) is 12.5. The summed E-state index contributed by atoms with van der Waals surface area (Å²) in [5.74, 6) is 3.64. The molecule has 1 amide bonds. The van der Waals surface area contributed by atoms with Gasteiger partial charge in [0.1, 0.15) is 0 Å². The number of carbonyl (C=O) groups excluding carboxylic acids is 1. The summed E-state index contributed by atoms with van der Waals surface area (Å²) in [6.45, 7) is 8.85. The Balaban J connectivity index is 1.97. The lowest BCUT2D eigenvalue weighted by molar-refractivity contribution is -0.125. The molecule has 2 aliphatic rings. The second kappa shape index (κ2) is 6.34. The molecule has 2 fully saturated rings. The number of hydrogen-bond donors (Lipinski definition) is 0. The third kappa shape index (κ3) is 3.77. The van der Waals surface area contributed by atoms with E-state index in [-0.39, 0.29) is 5.91 Å². The summed E-state index contributed by atoms with van der Waals surface area (Å²) >= 11 is 1.94. The Kier molecular flexibility index (Phi) is 4.99. The Bertz CT molecular complexity index is 345. The first-order valence-electron chi connectivity index (χ1n) is 7.55. The smallest absolute Gasteiger partial charge is 0.246 e. The number of amides is 1. The molecule has 1 aliphatic heterocycles. The van der Waals surface area contributed by atoms with Crippen molar-refractivity contribution in [3.8, 4) is 0 Å². The van der Waals surface area contributed by atoms with Gasteiger partial charge < -0.3 is 4.90 Å². The fourth-order valence-corrected chi connectivity index (χ4v) is 4.42. The number of hydrogen-bond acceptors (Lipinski definition) is 2. The monoisotopic (exact) mass is 281 g/mol. The quantitative estimate of drug-likeness (QED) is 0.721. The van der Waals surface area contributed by atoms with Crippen LogP contribution >= 0.6 is 11.8 Å². The first kappa shape index (κ1) is 15.0. The summed E-state index contributed by atoms with van der Waals surface area (Å²) in [5.41, 5.74) is 0.339. The second-order valence-corrected chi connectivity index (χ2v) is 7.91. The van der Waals surface area contributed by atoms with Crippen molar-refractivity contribution in [3.63, 3.8) is 0 Å². The fourth-order valence-electron chi connectivity index (χ4n) is 3.52. The van der Waals surface area contributed by atoms with Gasteiger partial charge in [0.15, 0.2) is 0 Å². The standard InChI is InChI=1S/C16H27NOS/c1-13-5-4-8-16(2,3)14(13)6-7-15(18)17-9-11-19-12-10-17/h6-7,13-14H,4-5,8-12H2,1-3H3/b7-6+/t13-,14+/m1/s1. The predicted octanol–water partition coefficient (Wildman–Crippen LogP) is 3.58. The van der Waals surface area contributed by atoms with Gasteiger partial charge in [-0.15, -0.1) is 0 Å². The van der Waals surface area contributed by atoms with Crippen LogP contribution < -0.4 is 0 Å². The molecule has 19 heavy (non-hydrogen) atoms. The van der Waals surface area contributed by atoms with Crippen molar-refractivity contribution in [2.45, 2.75) is 40.0 Å². The van der Waals surface area contributed by atoms with Gasteiger partial charge in [-0.3, -0.25) is 4.79 Å². The van der Waals surface area contributed by atoms with Gasteiger partial charge in [-0.2, -0.15) is 11.8 Å². The van der Waals surface area contributed by atoms with E-state index in [4.69, 9.17) is 0 Å². The molecule has 0 N–H and O–H groups in total. The topological polar surface area (TPSA) is 20.3 Å². The van der Waals surface area contributed by atoms with Crippen LogP contribution in [0.4, 0.5) is 0 Å². The molecule has 1 saturated carbocycles. The highest BCUT2D eigenvalue weighted by Crippen LogP contribution is 2.44. The summed E-state index contributed by atoms with van der Waals surface area (Å²) < 4.78 is 0. The molecule has 0 radical (unpaired) electrons. The van der Waals surface area contributed by atoms with Gasteiger partial charge in [0.25, 0.3) is 0 Å². The molecule has 2 nitrogen and oxygen atoms in total. The van der Waals surface area contributed by atoms with E-state index in [1.165, 1.54) is 19.3 Å². The molecule has 1 heterocycles. The molecule has 0 unspecified atom stereocenters. The minimum atomic E-state index is 0.217. The zero-order chi connectivity index (χ0) is 13.9. The molecule has 0 aromatic rings. The first-order valence-corrected chi connectivity index (χ1v) is 8.71. The van der Waals surface area contributed by atoms with Crippen molar-refractivity contribution in [2.24, 2.45) is 17.3 Å². The fraction of sp³-hybridized carbons (Fsp3) is 0.812. The Hall–Kier alpha value is -0.440. The van der Waals surface area contributed by atoms with Crippen LogP contribution in [-0.2, 0) is 4.79 Å². The van der Waals surface area contributed by atoms with E-state index in [9.17, 15) is 4.79 Å². The highest BCUT2D eigenvalue weighted by Gasteiger charge is 2.35. The zero-order valence-corrected chi connectivity index (χ0v) is 13.3. The average molecular weight is 281 g/mol.